The number of aromatic nitrogens is 1. The Bertz CT molecular complexity index is 1290. The van der Waals surface area contributed by atoms with E-state index in [2.05, 4.69) is 4.99 Å². The topological polar surface area (TPSA) is 77.7 Å². The molecule has 0 aliphatic rings. The van der Waals surface area contributed by atoms with Gasteiger partial charge < -0.3 is 9.30 Å². The molecule has 0 N–H and O–H groups in total. The lowest BCUT2D eigenvalue weighted by Gasteiger charge is -2.07. The van der Waals surface area contributed by atoms with Crippen molar-refractivity contribution in [1.82, 2.24) is 4.57 Å². The van der Waals surface area contributed by atoms with Crippen LogP contribution in [0.2, 0.25) is 0 Å². The van der Waals surface area contributed by atoms with Gasteiger partial charge in [-0.25, -0.2) is 8.42 Å². The number of nitrogens with zero attached hydrogens (tertiary/aromatic N) is 2. The lowest BCUT2D eigenvalue weighted by atomic mass is 10.1. The van der Waals surface area contributed by atoms with Crippen molar-refractivity contribution in [3.63, 3.8) is 0 Å². The normalized spacial score (nSPS) is 13.1. The average Bonchev–Trinajstić information content (AvgIpc) is 3.03. The van der Waals surface area contributed by atoms with Gasteiger partial charge in [0.2, 0.25) is 0 Å². The molecule has 1 aromatic heterocycles. The number of hydrogen-bond donors (Lipinski definition) is 0. The quantitative estimate of drug-likeness (QED) is 0.510. The predicted molar refractivity (Wildman–Crippen MR) is 111 cm³/mol. The zero-order chi connectivity index (χ0) is 22.8. The molecule has 0 spiro atoms. The minimum atomic E-state index is -4.58. The van der Waals surface area contributed by atoms with Crippen LogP contribution < -0.4 is 4.80 Å². The number of carbonyl (C=O) groups excluding carboxylic acids is 1. The van der Waals surface area contributed by atoms with E-state index < -0.39 is 27.5 Å². The van der Waals surface area contributed by atoms with Gasteiger partial charge in [-0.2, -0.15) is 18.2 Å². The highest BCUT2D eigenvalue weighted by atomic mass is 32.2. The summed E-state index contributed by atoms with van der Waals surface area (Å²) in [7, 11) is -3.43. The third-order valence-electron chi connectivity index (χ3n) is 4.38. The predicted octanol–water partition coefficient (Wildman–Crippen LogP) is 3.90. The van der Waals surface area contributed by atoms with E-state index in [4.69, 9.17) is 4.74 Å². The molecule has 0 aliphatic heterocycles. The van der Waals surface area contributed by atoms with Crippen LogP contribution in [0.15, 0.2) is 52.4 Å². The molecule has 0 atom stereocenters. The molecule has 0 aliphatic carbocycles. The van der Waals surface area contributed by atoms with Gasteiger partial charge in [0.1, 0.15) is 0 Å². The number of halogens is 3. The first kappa shape index (κ1) is 23.2. The molecule has 3 aromatic rings. The Hall–Kier alpha value is -2.50. The van der Waals surface area contributed by atoms with Crippen LogP contribution in [0.4, 0.5) is 13.2 Å². The molecule has 0 bridgehead atoms. The molecule has 166 valence electrons. The number of hydrogen-bond acceptors (Lipinski definition) is 5. The minimum Gasteiger partial charge on any atom is -0.380 e. The summed E-state index contributed by atoms with van der Waals surface area (Å²) < 4.78 is 70.2. The van der Waals surface area contributed by atoms with Crippen LogP contribution in [0.5, 0.6) is 0 Å². The number of fused-ring (bicyclic) bond motifs is 1. The van der Waals surface area contributed by atoms with Crippen LogP contribution in [-0.2, 0) is 27.3 Å². The van der Waals surface area contributed by atoms with Crippen molar-refractivity contribution in [2.75, 3.05) is 19.5 Å². The van der Waals surface area contributed by atoms with E-state index in [0.29, 0.717) is 30.0 Å². The molecular weight excluding hydrogens is 453 g/mol. The summed E-state index contributed by atoms with van der Waals surface area (Å²) in [4.78, 5) is 17.0. The molecule has 0 radical (unpaired) electrons. The van der Waals surface area contributed by atoms with Gasteiger partial charge in [-0.3, -0.25) is 4.79 Å². The summed E-state index contributed by atoms with van der Waals surface area (Å²) in [6.45, 7) is 2.97. The van der Waals surface area contributed by atoms with Crippen LogP contribution in [-0.4, -0.2) is 38.4 Å². The lowest BCUT2D eigenvalue weighted by molar-refractivity contribution is -0.137. The largest absolute Gasteiger partial charge is 0.416 e. The standard InChI is InChI=1S/C20H19F3N2O4S2/c1-3-29-10-9-25-16-8-7-15(31(2,27)28)12-17(16)30-19(25)24-18(26)13-5-4-6-14(11-13)20(21,22)23/h4-8,11-12H,3,9-10H2,1-2H3. The van der Waals surface area contributed by atoms with Gasteiger partial charge in [0.05, 0.1) is 27.3 Å². The second kappa shape index (κ2) is 8.93. The number of thiazole rings is 1. The van der Waals surface area contributed by atoms with Crippen LogP contribution in [0.1, 0.15) is 22.8 Å². The summed E-state index contributed by atoms with van der Waals surface area (Å²) >= 11 is 1.08. The summed E-state index contributed by atoms with van der Waals surface area (Å²) in [6.07, 6.45) is -3.49. The maximum absolute atomic E-state index is 13.0. The Kier molecular flexibility index (Phi) is 6.68. The Labute approximate surface area is 180 Å². The lowest BCUT2D eigenvalue weighted by Crippen LogP contribution is -2.20. The van der Waals surface area contributed by atoms with E-state index in [-0.39, 0.29) is 15.3 Å². The third kappa shape index (κ3) is 5.41. The van der Waals surface area contributed by atoms with Crippen molar-refractivity contribution in [3.05, 3.63) is 58.4 Å². The minimum absolute atomic E-state index is 0.119. The maximum atomic E-state index is 13.0. The van der Waals surface area contributed by atoms with Crippen molar-refractivity contribution in [1.29, 1.82) is 0 Å². The van der Waals surface area contributed by atoms with E-state index in [1.165, 1.54) is 18.2 Å². The summed E-state index contributed by atoms with van der Waals surface area (Å²) in [5.74, 6) is -0.828. The van der Waals surface area contributed by atoms with E-state index in [1.54, 1.807) is 10.6 Å². The van der Waals surface area contributed by atoms with Gasteiger partial charge in [0, 0.05) is 25.0 Å². The Morgan fingerprint density at radius 2 is 1.94 bits per heavy atom. The van der Waals surface area contributed by atoms with E-state index in [0.717, 1.165) is 35.8 Å². The SMILES string of the molecule is CCOCCn1c(=NC(=O)c2cccc(C(F)(F)F)c2)sc2cc(S(C)(=O)=O)ccc21. The number of carbonyl (C=O) groups is 1. The Balaban J connectivity index is 2.11. The van der Waals surface area contributed by atoms with Crippen LogP contribution >= 0.6 is 11.3 Å². The van der Waals surface area contributed by atoms with Crippen LogP contribution in [0.25, 0.3) is 10.2 Å². The molecule has 0 saturated carbocycles. The average molecular weight is 473 g/mol. The first-order valence-electron chi connectivity index (χ1n) is 9.18. The molecule has 2 aromatic carbocycles. The zero-order valence-electron chi connectivity index (χ0n) is 16.6. The number of rotatable bonds is 6. The van der Waals surface area contributed by atoms with Crippen LogP contribution in [0.3, 0.4) is 0 Å². The maximum Gasteiger partial charge on any atom is 0.416 e. The molecule has 1 amide bonds. The van der Waals surface area contributed by atoms with Crippen molar-refractivity contribution < 1.29 is 31.1 Å². The Morgan fingerprint density at radius 3 is 2.58 bits per heavy atom. The molecule has 6 nitrogen and oxygen atoms in total. The van der Waals surface area contributed by atoms with Crippen molar-refractivity contribution in [2.45, 2.75) is 24.5 Å². The fraction of sp³-hybridized carbons (Fsp3) is 0.300. The van der Waals surface area contributed by atoms with Gasteiger partial charge in [0.15, 0.2) is 14.6 Å². The molecule has 0 unspecified atom stereocenters. The highest BCUT2D eigenvalue weighted by Gasteiger charge is 2.30. The van der Waals surface area contributed by atoms with Gasteiger partial charge in [-0.15, -0.1) is 0 Å². The molecule has 1 heterocycles. The van der Waals surface area contributed by atoms with Gasteiger partial charge in [-0.1, -0.05) is 17.4 Å². The van der Waals surface area contributed by atoms with Crippen molar-refractivity contribution in [3.8, 4) is 0 Å². The Morgan fingerprint density at radius 1 is 1.19 bits per heavy atom. The van der Waals surface area contributed by atoms with E-state index >= 15 is 0 Å². The zero-order valence-corrected chi connectivity index (χ0v) is 18.3. The second-order valence-electron chi connectivity index (χ2n) is 6.63. The highest BCUT2D eigenvalue weighted by molar-refractivity contribution is 7.90. The monoisotopic (exact) mass is 472 g/mol. The van der Waals surface area contributed by atoms with Gasteiger partial charge in [-0.05, 0) is 43.3 Å². The molecule has 31 heavy (non-hydrogen) atoms. The van der Waals surface area contributed by atoms with Crippen molar-refractivity contribution in [2.24, 2.45) is 4.99 Å². The second-order valence-corrected chi connectivity index (χ2v) is 9.66. The number of sulfone groups is 1. The summed E-state index contributed by atoms with van der Waals surface area (Å²) in [5, 5.41) is 0. The van der Waals surface area contributed by atoms with E-state index in [9.17, 15) is 26.4 Å². The highest BCUT2D eigenvalue weighted by Crippen LogP contribution is 2.29. The first-order valence-corrected chi connectivity index (χ1v) is 11.9. The summed E-state index contributed by atoms with van der Waals surface area (Å²) in [5.41, 5.74) is -0.486. The molecule has 0 saturated heterocycles. The number of ether oxygens (including phenoxy) is 1. The molecule has 0 fully saturated rings. The first-order chi connectivity index (χ1) is 14.5. The van der Waals surface area contributed by atoms with Crippen LogP contribution in [0, 0.1) is 0 Å². The van der Waals surface area contributed by atoms with Crippen molar-refractivity contribution >= 4 is 37.3 Å². The molecular formula is C20H19F3N2O4S2. The number of benzene rings is 2. The fourth-order valence-electron chi connectivity index (χ4n) is 2.87. The third-order valence-corrected chi connectivity index (χ3v) is 6.53. The van der Waals surface area contributed by atoms with E-state index in [1.807, 2.05) is 6.92 Å². The van der Waals surface area contributed by atoms with Gasteiger partial charge >= 0.3 is 6.18 Å². The summed E-state index contributed by atoms with van der Waals surface area (Å²) in [6, 6.07) is 8.61. The number of amides is 1. The molecule has 3 rings (SSSR count). The smallest absolute Gasteiger partial charge is 0.380 e. The number of alkyl halides is 3. The fourth-order valence-corrected chi connectivity index (χ4v) is 4.68. The molecule has 11 heteroatoms. The van der Waals surface area contributed by atoms with Gasteiger partial charge in [0.25, 0.3) is 5.91 Å².